The van der Waals surface area contributed by atoms with Gasteiger partial charge in [-0.25, -0.2) is 4.68 Å². The number of carbonyl (C=O) groups excluding carboxylic acids is 2. The summed E-state index contributed by atoms with van der Waals surface area (Å²) in [4.78, 5) is 29.1. The highest BCUT2D eigenvalue weighted by Crippen LogP contribution is 2.25. The monoisotopic (exact) mass is 479 g/mol. The molecule has 5 aromatic rings. The van der Waals surface area contributed by atoms with Crippen LogP contribution in [0, 0.1) is 0 Å². The summed E-state index contributed by atoms with van der Waals surface area (Å²) >= 11 is 0. The number of hydrogen-bond donors (Lipinski definition) is 1. The first-order chi connectivity index (χ1) is 17.7. The van der Waals surface area contributed by atoms with Crippen molar-refractivity contribution in [2.75, 3.05) is 0 Å². The van der Waals surface area contributed by atoms with Crippen LogP contribution in [0.3, 0.4) is 0 Å². The van der Waals surface area contributed by atoms with Crippen molar-refractivity contribution in [1.29, 1.82) is 0 Å². The lowest BCUT2D eigenvalue weighted by Gasteiger charge is -2.31. The zero-order chi connectivity index (χ0) is 24.7. The molecule has 0 aliphatic heterocycles. The van der Waals surface area contributed by atoms with Crippen LogP contribution in [0.25, 0.3) is 11.0 Å². The highest BCUT2D eigenvalue weighted by molar-refractivity contribution is 5.89. The fraction of sp³-hybridized carbons (Fsp3) is 0.143. The summed E-state index contributed by atoms with van der Waals surface area (Å²) in [5, 5.41) is 11.3. The number of rotatable bonds is 9. The topological polar surface area (TPSA) is 93.3 Å². The van der Waals surface area contributed by atoms with Crippen LogP contribution >= 0.6 is 0 Å². The smallest absolute Gasteiger partial charge is 0.247 e. The van der Waals surface area contributed by atoms with E-state index < -0.39 is 6.04 Å². The Morgan fingerprint density at radius 2 is 1.61 bits per heavy atom. The Kier molecular flexibility index (Phi) is 6.84. The first-order valence-corrected chi connectivity index (χ1v) is 11.7. The summed E-state index contributed by atoms with van der Waals surface area (Å²) in [5.74, 6) is 0.0759. The third-order valence-corrected chi connectivity index (χ3v) is 5.91. The van der Waals surface area contributed by atoms with Crippen LogP contribution in [0.5, 0.6) is 0 Å². The standard InChI is InChI=1S/C28H25N5O3/c34-26(20-33-25-16-8-7-15-24(25)30-31-33)32(19-21-10-3-1-4-11-21)27(22-12-5-2-6-13-22)28(35)29-18-23-14-9-17-36-23/h1-17,27H,18-20H2,(H,29,35)/t27-/m0/s1. The third kappa shape index (κ3) is 5.17. The summed E-state index contributed by atoms with van der Waals surface area (Å²) in [6, 6.07) is 29.1. The predicted molar refractivity (Wildman–Crippen MR) is 134 cm³/mol. The zero-order valence-electron chi connectivity index (χ0n) is 19.5. The molecule has 36 heavy (non-hydrogen) atoms. The Morgan fingerprint density at radius 1 is 0.889 bits per heavy atom. The Hall–Kier alpha value is -4.72. The van der Waals surface area contributed by atoms with E-state index in [-0.39, 0.29) is 31.4 Å². The number of nitrogens with zero attached hydrogens (tertiary/aromatic N) is 4. The molecule has 5 rings (SSSR count). The minimum atomic E-state index is -0.858. The van der Waals surface area contributed by atoms with Crippen molar-refractivity contribution in [3.05, 3.63) is 120 Å². The van der Waals surface area contributed by atoms with E-state index in [2.05, 4.69) is 15.6 Å². The van der Waals surface area contributed by atoms with E-state index >= 15 is 0 Å². The molecule has 0 aliphatic carbocycles. The maximum Gasteiger partial charge on any atom is 0.247 e. The maximum atomic E-state index is 13.8. The molecule has 0 aliphatic rings. The van der Waals surface area contributed by atoms with E-state index in [1.54, 1.807) is 28.0 Å². The van der Waals surface area contributed by atoms with Crippen molar-refractivity contribution >= 4 is 22.8 Å². The number of aromatic nitrogens is 3. The molecule has 0 radical (unpaired) electrons. The van der Waals surface area contributed by atoms with Gasteiger partial charge in [0.15, 0.2) is 0 Å². The lowest BCUT2D eigenvalue weighted by Crippen LogP contribution is -2.44. The van der Waals surface area contributed by atoms with Crippen LogP contribution in [0.1, 0.15) is 22.9 Å². The fourth-order valence-corrected chi connectivity index (χ4v) is 4.15. The molecule has 1 N–H and O–H groups in total. The van der Waals surface area contributed by atoms with Crippen molar-refractivity contribution in [3.63, 3.8) is 0 Å². The SMILES string of the molecule is O=C(NCc1ccco1)[C@H](c1ccccc1)N(Cc1ccccc1)C(=O)Cn1nnc2ccccc21. The minimum absolute atomic E-state index is 0.0534. The number of hydrogen-bond acceptors (Lipinski definition) is 5. The van der Waals surface area contributed by atoms with E-state index in [1.165, 1.54) is 0 Å². The van der Waals surface area contributed by atoms with Gasteiger partial charge >= 0.3 is 0 Å². The van der Waals surface area contributed by atoms with Crippen molar-refractivity contribution < 1.29 is 14.0 Å². The van der Waals surface area contributed by atoms with Crippen LogP contribution in [-0.4, -0.2) is 31.7 Å². The second-order valence-electron chi connectivity index (χ2n) is 8.35. The largest absolute Gasteiger partial charge is 0.467 e. The number of carbonyl (C=O) groups is 2. The minimum Gasteiger partial charge on any atom is -0.467 e. The van der Waals surface area contributed by atoms with Gasteiger partial charge < -0.3 is 14.6 Å². The summed E-state index contributed by atoms with van der Waals surface area (Å²) in [5.41, 5.74) is 3.08. The molecule has 1 atom stereocenters. The summed E-state index contributed by atoms with van der Waals surface area (Å²) in [6.45, 7) is 0.415. The summed E-state index contributed by atoms with van der Waals surface area (Å²) in [6.07, 6.45) is 1.56. The lowest BCUT2D eigenvalue weighted by atomic mass is 10.0. The van der Waals surface area contributed by atoms with Crippen molar-refractivity contribution in [2.45, 2.75) is 25.7 Å². The second kappa shape index (κ2) is 10.7. The van der Waals surface area contributed by atoms with Crippen LogP contribution in [-0.2, 0) is 29.2 Å². The Balaban J connectivity index is 1.49. The van der Waals surface area contributed by atoms with Crippen molar-refractivity contribution in [1.82, 2.24) is 25.2 Å². The van der Waals surface area contributed by atoms with Gasteiger partial charge in [-0.05, 0) is 35.4 Å². The molecular formula is C28H25N5O3. The molecule has 8 heteroatoms. The highest BCUT2D eigenvalue weighted by Gasteiger charge is 2.32. The van der Waals surface area contributed by atoms with Gasteiger partial charge in [-0.3, -0.25) is 9.59 Å². The number of amides is 2. The molecule has 180 valence electrons. The quantitative estimate of drug-likeness (QED) is 0.343. The van der Waals surface area contributed by atoms with Gasteiger partial charge in [-0.2, -0.15) is 0 Å². The van der Waals surface area contributed by atoms with E-state index in [0.717, 1.165) is 11.1 Å². The van der Waals surface area contributed by atoms with Crippen LogP contribution in [0.2, 0.25) is 0 Å². The van der Waals surface area contributed by atoms with Gasteiger partial charge in [0.1, 0.15) is 23.9 Å². The maximum absolute atomic E-state index is 13.8. The molecule has 2 amide bonds. The van der Waals surface area contributed by atoms with Crippen LogP contribution < -0.4 is 5.32 Å². The number of para-hydroxylation sites is 1. The number of fused-ring (bicyclic) bond motifs is 1. The Labute approximate surface area is 208 Å². The molecule has 2 aromatic heterocycles. The van der Waals surface area contributed by atoms with Crippen LogP contribution in [0.4, 0.5) is 0 Å². The molecule has 3 aromatic carbocycles. The van der Waals surface area contributed by atoms with Crippen molar-refractivity contribution in [3.8, 4) is 0 Å². The average molecular weight is 480 g/mol. The van der Waals surface area contributed by atoms with Gasteiger partial charge in [-0.1, -0.05) is 78.0 Å². The molecule has 8 nitrogen and oxygen atoms in total. The van der Waals surface area contributed by atoms with E-state index in [1.807, 2.05) is 84.9 Å². The predicted octanol–water partition coefficient (Wildman–Crippen LogP) is 4.11. The summed E-state index contributed by atoms with van der Waals surface area (Å²) < 4.78 is 6.94. The van der Waals surface area contributed by atoms with Gasteiger partial charge in [0.2, 0.25) is 11.8 Å². The molecule has 0 saturated heterocycles. The highest BCUT2D eigenvalue weighted by atomic mass is 16.3. The van der Waals surface area contributed by atoms with Gasteiger partial charge in [0.25, 0.3) is 0 Å². The molecular weight excluding hydrogens is 454 g/mol. The molecule has 0 saturated carbocycles. The van der Waals surface area contributed by atoms with Crippen LogP contribution in [0.15, 0.2) is 108 Å². The van der Waals surface area contributed by atoms with E-state index in [4.69, 9.17) is 4.42 Å². The summed E-state index contributed by atoms with van der Waals surface area (Å²) in [7, 11) is 0. The number of nitrogens with one attached hydrogen (secondary N) is 1. The number of benzene rings is 3. The second-order valence-corrected chi connectivity index (χ2v) is 8.35. The average Bonchev–Trinajstić information content (AvgIpc) is 3.59. The molecule has 0 bridgehead atoms. The van der Waals surface area contributed by atoms with E-state index in [9.17, 15) is 9.59 Å². The zero-order valence-corrected chi connectivity index (χ0v) is 19.5. The molecule has 2 heterocycles. The lowest BCUT2D eigenvalue weighted by molar-refractivity contribution is -0.142. The fourth-order valence-electron chi connectivity index (χ4n) is 4.15. The molecule has 0 fully saturated rings. The molecule has 0 unspecified atom stereocenters. The van der Waals surface area contributed by atoms with Gasteiger partial charge in [0.05, 0.1) is 18.3 Å². The van der Waals surface area contributed by atoms with E-state index in [0.29, 0.717) is 16.8 Å². The van der Waals surface area contributed by atoms with Gasteiger partial charge in [0, 0.05) is 6.54 Å². The normalized spacial score (nSPS) is 11.8. The van der Waals surface area contributed by atoms with Crippen molar-refractivity contribution in [2.24, 2.45) is 0 Å². The van der Waals surface area contributed by atoms with Gasteiger partial charge in [-0.15, -0.1) is 5.10 Å². The first kappa shape index (κ1) is 23.0. The first-order valence-electron chi connectivity index (χ1n) is 11.7. The third-order valence-electron chi connectivity index (χ3n) is 5.91. The Bertz CT molecular complexity index is 1430. The molecule has 0 spiro atoms. The Morgan fingerprint density at radius 3 is 2.36 bits per heavy atom. The number of furan rings is 1.